The number of carbonyl (C=O) groups is 1. The fourth-order valence-electron chi connectivity index (χ4n) is 3.12. The summed E-state index contributed by atoms with van der Waals surface area (Å²) in [5, 5.41) is 3.53. The molecule has 2 aromatic rings. The molecule has 1 aliphatic rings. The summed E-state index contributed by atoms with van der Waals surface area (Å²) in [5.41, 5.74) is 2.14. The number of nitrogens with one attached hydrogen (secondary N) is 1. The number of nitrogens with zero attached hydrogens (tertiary/aromatic N) is 1. The zero-order valence-electron chi connectivity index (χ0n) is 14.1. The van der Waals surface area contributed by atoms with Crippen LogP contribution in [-0.2, 0) is 11.2 Å². The highest BCUT2D eigenvalue weighted by atomic mass is 16.5. The number of rotatable bonds is 5. The van der Waals surface area contributed by atoms with Crippen LogP contribution in [0.4, 0.5) is 5.69 Å². The average Bonchev–Trinajstić information content (AvgIpc) is 2.63. The lowest BCUT2D eigenvalue weighted by atomic mass is 10.0. The highest BCUT2D eigenvalue weighted by Gasteiger charge is 2.23. The molecule has 1 heterocycles. The smallest absolute Gasteiger partial charge is 0.227 e. The fourth-order valence-corrected chi connectivity index (χ4v) is 3.12. The monoisotopic (exact) mass is 324 g/mol. The Morgan fingerprint density at radius 1 is 1.17 bits per heavy atom. The third-order valence-electron chi connectivity index (χ3n) is 4.43. The van der Waals surface area contributed by atoms with Crippen molar-refractivity contribution >= 4 is 11.6 Å². The molecule has 126 valence electrons. The van der Waals surface area contributed by atoms with E-state index in [9.17, 15) is 4.79 Å². The van der Waals surface area contributed by atoms with E-state index in [4.69, 9.17) is 4.74 Å². The summed E-state index contributed by atoms with van der Waals surface area (Å²) >= 11 is 0. The minimum absolute atomic E-state index is 0.194. The first-order chi connectivity index (χ1) is 11.7. The van der Waals surface area contributed by atoms with Crippen molar-refractivity contribution in [2.75, 3.05) is 25.5 Å². The molecule has 0 bridgehead atoms. The van der Waals surface area contributed by atoms with Crippen molar-refractivity contribution in [3.63, 3.8) is 0 Å². The largest absolute Gasteiger partial charge is 0.497 e. The van der Waals surface area contributed by atoms with Crippen LogP contribution in [0.3, 0.4) is 0 Å². The molecule has 1 fully saturated rings. The van der Waals surface area contributed by atoms with Gasteiger partial charge in [0.25, 0.3) is 0 Å². The normalized spacial score (nSPS) is 17.4. The van der Waals surface area contributed by atoms with Gasteiger partial charge in [0.1, 0.15) is 5.75 Å². The lowest BCUT2D eigenvalue weighted by molar-refractivity contribution is -0.131. The Morgan fingerprint density at radius 3 is 2.62 bits per heavy atom. The molecule has 1 amide bonds. The first kappa shape index (κ1) is 16.4. The van der Waals surface area contributed by atoms with Crippen LogP contribution in [0.1, 0.15) is 18.4 Å². The van der Waals surface area contributed by atoms with E-state index >= 15 is 0 Å². The van der Waals surface area contributed by atoms with Crippen LogP contribution in [0.2, 0.25) is 0 Å². The molecule has 1 N–H and O–H groups in total. The van der Waals surface area contributed by atoms with Crippen LogP contribution in [0, 0.1) is 0 Å². The van der Waals surface area contributed by atoms with Crippen molar-refractivity contribution < 1.29 is 9.53 Å². The number of hydrogen-bond acceptors (Lipinski definition) is 3. The third-order valence-corrected chi connectivity index (χ3v) is 4.43. The molecular weight excluding hydrogens is 300 g/mol. The molecule has 24 heavy (non-hydrogen) atoms. The summed E-state index contributed by atoms with van der Waals surface area (Å²) in [6.45, 7) is 1.62. The number of amides is 1. The Bertz CT molecular complexity index is 655. The molecular formula is C20H24N2O2. The lowest BCUT2D eigenvalue weighted by Gasteiger charge is -2.34. The van der Waals surface area contributed by atoms with E-state index in [1.165, 1.54) is 0 Å². The van der Waals surface area contributed by atoms with Crippen LogP contribution >= 0.6 is 0 Å². The molecule has 0 aliphatic carbocycles. The topological polar surface area (TPSA) is 41.6 Å². The van der Waals surface area contributed by atoms with Gasteiger partial charge in [0.2, 0.25) is 5.91 Å². The summed E-state index contributed by atoms with van der Waals surface area (Å²) in [6, 6.07) is 18.2. The number of ether oxygens (including phenoxy) is 1. The summed E-state index contributed by atoms with van der Waals surface area (Å²) in [5.74, 6) is 1.01. The van der Waals surface area contributed by atoms with Gasteiger partial charge in [-0.2, -0.15) is 0 Å². The molecule has 0 spiro atoms. The number of anilines is 1. The van der Waals surface area contributed by atoms with Gasteiger partial charge in [0.15, 0.2) is 0 Å². The molecule has 0 unspecified atom stereocenters. The van der Waals surface area contributed by atoms with Gasteiger partial charge in [-0.05, 0) is 42.7 Å². The van der Waals surface area contributed by atoms with Crippen molar-refractivity contribution in [1.29, 1.82) is 0 Å². The molecule has 0 radical (unpaired) electrons. The summed E-state index contributed by atoms with van der Waals surface area (Å²) in [7, 11) is 1.65. The summed E-state index contributed by atoms with van der Waals surface area (Å²) in [6.07, 6.45) is 2.59. The number of benzene rings is 2. The maximum Gasteiger partial charge on any atom is 0.227 e. The first-order valence-electron chi connectivity index (χ1n) is 8.47. The number of carbonyl (C=O) groups excluding carboxylic acids is 1. The van der Waals surface area contributed by atoms with Crippen molar-refractivity contribution in [3.8, 4) is 5.75 Å². The van der Waals surface area contributed by atoms with E-state index in [1.54, 1.807) is 7.11 Å². The molecule has 0 aromatic heterocycles. The van der Waals surface area contributed by atoms with E-state index in [1.807, 2.05) is 47.4 Å². The van der Waals surface area contributed by atoms with Crippen LogP contribution in [-0.4, -0.2) is 37.0 Å². The molecule has 4 nitrogen and oxygen atoms in total. The Labute approximate surface area is 143 Å². The van der Waals surface area contributed by atoms with Gasteiger partial charge >= 0.3 is 0 Å². The van der Waals surface area contributed by atoms with Crippen LogP contribution < -0.4 is 10.1 Å². The molecule has 4 heteroatoms. The van der Waals surface area contributed by atoms with Gasteiger partial charge in [0.05, 0.1) is 13.5 Å². The second-order valence-electron chi connectivity index (χ2n) is 6.21. The van der Waals surface area contributed by atoms with E-state index in [-0.39, 0.29) is 5.91 Å². The molecule has 2 aromatic carbocycles. The minimum Gasteiger partial charge on any atom is -0.497 e. The third kappa shape index (κ3) is 4.28. The fraction of sp³-hybridized carbons (Fsp3) is 0.350. The standard InChI is InChI=1S/C20H24N2O2/c1-24-19-11-9-16(10-12-19)14-20(23)22-13-5-8-18(15-22)21-17-6-3-2-4-7-17/h2-4,6-7,9-12,18,21H,5,8,13-15H2,1H3/t18-/m1/s1. The molecule has 1 saturated heterocycles. The Balaban J connectivity index is 1.56. The second-order valence-corrected chi connectivity index (χ2v) is 6.21. The van der Waals surface area contributed by atoms with Crippen LogP contribution in [0.15, 0.2) is 54.6 Å². The van der Waals surface area contributed by atoms with Crippen molar-refractivity contribution in [1.82, 2.24) is 4.90 Å². The van der Waals surface area contributed by atoms with Crippen molar-refractivity contribution in [2.45, 2.75) is 25.3 Å². The number of hydrogen-bond donors (Lipinski definition) is 1. The van der Waals surface area contributed by atoms with Gasteiger partial charge in [0, 0.05) is 24.8 Å². The maximum absolute atomic E-state index is 12.6. The van der Waals surface area contributed by atoms with E-state index in [0.29, 0.717) is 12.5 Å². The second kappa shape index (κ2) is 7.86. The zero-order valence-corrected chi connectivity index (χ0v) is 14.1. The Hall–Kier alpha value is -2.49. The first-order valence-corrected chi connectivity index (χ1v) is 8.47. The minimum atomic E-state index is 0.194. The average molecular weight is 324 g/mol. The van der Waals surface area contributed by atoms with Gasteiger partial charge in [-0.3, -0.25) is 4.79 Å². The van der Waals surface area contributed by atoms with Gasteiger partial charge in [-0.15, -0.1) is 0 Å². The number of para-hydroxylation sites is 1. The maximum atomic E-state index is 12.6. The predicted molar refractivity (Wildman–Crippen MR) is 96.4 cm³/mol. The summed E-state index contributed by atoms with van der Waals surface area (Å²) in [4.78, 5) is 14.6. The predicted octanol–water partition coefficient (Wildman–Crippen LogP) is 3.34. The van der Waals surface area contributed by atoms with E-state index in [0.717, 1.165) is 42.9 Å². The van der Waals surface area contributed by atoms with E-state index < -0.39 is 0 Å². The van der Waals surface area contributed by atoms with Crippen molar-refractivity contribution in [3.05, 3.63) is 60.2 Å². The SMILES string of the molecule is COc1ccc(CC(=O)N2CCC[C@@H](Nc3ccccc3)C2)cc1. The van der Waals surface area contributed by atoms with Crippen molar-refractivity contribution in [2.24, 2.45) is 0 Å². The van der Waals surface area contributed by atoms with Crippen LogP contribution in [0.25, 0.3) is 0 Å². The summed E-state index contributed by atoms with van der Waals surface area (Å²) < 4.78 is 5.16. The van der Waals surface area contributed by atoms with Gasteiger partial charge in [-0.1, -0.05) is 30.3 Å². The zero-order chi connectivity index (χ0) is 16.8. The molecule has 1 aliphatic heterocycles. The molecule has 1 atom stereocenters. The number of methoxy groups -OCH3 is 1. The highest BCUT2D eigenvalue weighted by molar-refractivity contribution is 5.79. The van der Waals surface area contributed by atoms with Crippen LogP contribution in [0.5, 0.6) is 5.75 Å². The number of piperidine rings is 1. The lowest BCUT2D eigenvalue weighted by Crippen LogP contribution is -2.45. The van der Waals surface area contributed by atoms with E-state index in [2.05, 4.69) is 17.4 Å². The molecule has 0 saturated carbocycles. The quantitative estimate of drug-likeness (QED) is 0.917. The molecule has 3 rings (SSSR count). The van der Waals surface area contributed by atoms with Gasteiger partial charge in [-0.25, -0.2) is 0 Å². The highest BCUT2D eigenvalue weighted by Crippen LogP contribution is 2.18. The number of likely N-dealkylation sites (tertiary alicyclic amines) is 1. The Kier molecular flexibility index (Phi) is 5.36. The van der Waals surface area contributed by atoms with Gasteiger partial charge < -0.3 is 15.0 Å². The Morgan fingerprint density at radius 2 is 1.92 bits per heavy atom.